The summed E-state index contributed by atoms with van der Waals surface area (Å²) in [7, 11) is 0. The maximum Gasteiger partial charge on any atom is 0.325 e. The number of urea groups is 1. The summed E-state index contributed by atoms with van der Waals surface area (Å²) in [5, 5.41) is 14.8. The van der Waals surface area contributed by atoms with Crippen molar-refractivity contribution < 1.29 is 14.4 Å². The third-order valence-electron chi connectivity index (χ3n) is 5.22. The summed E-state index contributed by atoms with van der Waals surface area (Å²) in [6, 6.07) is -0.497. The van der Waals surface area contributed by atoms with E-state index in [1.54, 1.807) is 0 Å². The maximum atomic E-state index is 13.1. The highest BCUT2D eigenvalue weighted by Crippen LogP contribution is 2.46. The van der Waals surface area contributed by atoms with Crippen molar-refractivity contribution in [1.82, 2.24) is 20.4 Å². The van der Waals surface area contributed by atoms with Crippen LogP contribution in [0, 0.1) is 17.3 Å². The number of hydrogen-bond acceptors (Lipinski definition) is 6. The molecular weight excluding hydrogens is 378 g/mol. The quantitative estimate of drug-likeness (QED) is 0.731. The SMILES string of the molecule is CC(C)Cc1nnc(NC(=O)CN2C(=O)N[C@@]3(C[C@@H](C)CC(C)(C)C3)C2=O)s1. The van der Waals surface area contributed by atoms with E-state index in [0.29, 0.717) is 29.8 Å². The third kappa shape index (κ3) is 4.34. The molecule has 0 radical (unpaired) electrons. The third-order valence-corrected chi connectivity index (χ3v) is 6.08. The van der Waals surface area contributed by atoms with Crippen LogP contribution in [-0.4, -0.2) is 45.0 Å². The van der Waals surface area contributed by atoms with Gasteiger partial charge in [0, 0.05) is 6.42 Å². The number of rotatable bonds is 5. The number of nitrogens with zero attached hydrogens (tertiary/aromatic N) is 3. The Bertz CT molecular complexity index is 790. The Hall–Kier alpha value is -2.03. The van der Waals surface area contributed by atoms with Crippen molar-refractivity contribution in [2.24, 2.45) is 17.3 Å². The van der Waals surface area contributed by atoms with Crippen LogP contribution in [0.2, 0.25) is 0 Å². The molecule has 1 aliphatic heterocycles. The maximum absolute atomic E-state index is 13.1. The van der Waals surface area contributed by atoms with Crippen LogP contribution in [0.15, 0.2) is 0 Å². The van der Waals surface area contributed by atoms with Crippen LogP contribution in [-0.2, 0) is 16.0 Å². The second-order valence-electron chi connectivity index (χ2n) is 9.41. The summed E-state index contributed by atoms with van der Waals surface area (Å²) in [5.41, 5.74) is -0.941. The molecular formula is C19H29N5O3S. The summed E-state index contributed by atoms with van der Waals surface area (Å²) in [5.74, 6) is 0.0178. The minimum atomic E-state index is -0.897. The van der Waals surface area contributed by atoms with E-state index in [1.165, 1.54) is 11.3 Å². The topological polar surface area (TPSA) is 104 Å². The number of imide groups is 1. The van der Waals surface area contributed by atoms with Crippen LogP contribution >= 0.6 is 11.3 Å². The fourth-order valence-corrected chi connectivity index (χ4v) is 5.66. The number of anilines is 1. The molecule has 8 nitrogen and oxygen atoms in total. The number of amides is 4. The lowest BCUT2D eigenvalue weighted by atomic mass is 9.64. The zero-order valence-corrected chi connectivity index (χ0v) is 18.0. The van der Waals surface area contributed by atoms with Gasteiger partial charge in [-0.15, -0.1) is 10.2 Å². The number of carbonyl (C=O) groups is 3. The van der Waals surface area contributed by atoms with E-state index in [9.17, 15) is 14.4 Å². The van der Waals surface area contributed by atoms with Crippen molar-refractivity contribution in [3.63, 3.8) is 0 Å². The van der Waals surface area contributed by atoms with E-state index in [0.717, 1.165) is 22.7 Å². The number of nitrogens with one attached hydrogen (secondary N) is 2. The minimum absolute atomic E-state index is 0.0434. The molecule has 28 heavy (non-hydrogen) atoms. The molecule has 4 amide bonds. The molecule has 2 fully saturated rings. The van der Waals surface area contributed by atoms with Crippen molar-refractivity contribution in [1.29, 1.82) is 0 Å². The molecule has 154 valence electrons. The van der Waals surface area contributed by atoms with E-state index in [1.807, 2.05) is 0 Å². The molecule has 0 aromatic carbocycles. The predicted octanol–water partition coefficient (Wildman–Crippen LogP) is 2.81. The van der Waals surface area contributed by atoms with Crippen LogP contribution in [0.3, 0.4) is 0 Å². The molecule has 1 saturated heterocycles. The normalized spacial score (nSPS) is 26.8. The first kappa shape index (κ1) is 20.7. The Morgan fingerprint density at radius 1 is 1.32 bits per heavy atom. The van der Waals surface area contributed by atoms with E-state index < -0.39 is 17.5 Å². The highest BCUT2D eigenvalue weighted by molar-refractivity contribution is 7.15. The molecule has 3 rings (SSSR count). The van der Waals surface area contributed by atoms with Crippen LogP contribution in [0.5, 0.6) is 0 Å². The summed E-state index contributed by atoms with van der Waals surface area (Å²) in [6.45, 7) is 10.2. The lowest BCUT2D eigenvalue weighted by Crippen LogP contribution is -2.54. The predicted molar refractivity (Wildman–Crippen MR) is 107 cm³/mol. The second-order valence-corrected chi connectivity index (χ2v) is 10.5. The van der Waals surface area contributed by atoms with Gasteiger partial charge in [-0.3, -0.25) is 19.8 Å². The second kappa shape index (κ2) is 7.42. The van der Waals surface area contributed by atoms with Crippen LogP contribution in [0.4, 0.5) is 9.93 Å². The Labute approximate surface area is 169 Å². The first-order chi connectivity index (χ1) is 13.0. The highest BCUT2D eigenvalue weighted by atomic mass is 32.1. The van der Waals surface area contributed by atoms with Crippen molar-refractivity contribution in [3.05, 3.63) is 5.01 Å². The molecule has 1 aromatic rings. The summed E-state index contributed by atoms with van der Waals surface area (Å²) in [6.07, 6.45) is 2.99. The average molecular weight is 408 g/mol. The fraction of sp³-hybridized carbons (Fsp3) is 0.737. The van der Waals surface area contributed by atoms with Gasteiger partial charge in [0.25, 0.3) is 5.91 Å². The minimum Gasteiger partial charge on any atom is -0.323 e. The largest absolute Gasteiger partial charge is 0.325 e. The number of aromatic nitrogens is 2. The molecule has 2 atom stereocenters. The van der Waals surface area contributed by atoms with Crippen LogP contribution in [0.1, 0.15) is 58.9 Å². The van der Waals surface area contributed by atoms with Crippen molar-refractivity contribution in [3.8, 4) is 0 Å². The van der Waals surface area contributed by atoms with Gasteiger partial charge in [-0.2, -0.15) is 0 Å². The van der Waals surface area contributed by atoms with Gasteiger partial charge in [-0.25, -0.2) is 4.79 Å². The Morgan fingerprint density at radius 2 is 2.04 bits per heavy atom. The Morgan fingerprint density at radius 3 is 2.68 bits per heavy atom. The van der Waals surface area contributed by atoms with Crippen LogP contribution < -0.4 is 10.6 Å². The van der Waals surface area contributed by atoms with Gasteiger partial charge in [-0.1, -0.05) is 46.0 Å². The number of hydrogen-bond donors (Lipinski definition) is 2. The van der Waals surface area contributed by atoms with E-state index >= 15 is 0 Å². The average Bonchev–Trinajstić information content (AvgIpc) is 3.03. The van der Waals surface area contributed by atoms with Crippen molar-refractivity contribution in [2.45, 2.75) is 65.8 Å². The molecule has 2 N–H and O–H groups in total. The van der Waals surface area contributed by atoms with Gasteiger partial charge < -0.3 is 5.32 Å². The molecule has 1 aliphatic carbocycles. The molecule has 2 aliphatic rings. The molecule has 1 spiro atoms. The van der Waals surface area contributed by atoms with Crippen LogP contribution in [0.25, 0.3) is 0 Å². The van der Waals surface area contributed by atoms with Crippen molar-refractivity contribution in [2.75, 3.05) is 11.9 Å². The van der Waals surface area contributed by atoms with Gasteiger partial charge >= 0.3 is 6.03 Å². The van der Waals surface area contributed by atoms with Gasteiger partial charge in [-0.05, 0) is 36.5 Å². The zero-order valence-electron chi connectivity index (χ0n) is 17.2. The summed E-state index contributed by atoms with van der Waals surface area (Å²) >= 11 is 1.31. The fourth-order valence-electron chi connectivity index (χ4n) is 4.69. The van der Waals surface area contributed by atoms with Gasteiger partial charge in [0.1, 0.15) is 17.1 Å². The van der Waals surface area contributed by atoms with E-state index in [4.69, 9.17) is 0 Å². The van der Waals surface area contributed by atoms with E-state index in [2.05, 4.69) is 55.4 Å². The Balaban J connectivity index is 1.66. The monoisotopic (exact) mass is 407 g/mol. The Kier molecular flexibility index (Phi) is 5.49. The van der Waals surface area contributed by atoms with Crippen molar-refractivity contribution >= 4 is 34.3 Å². The molecule has 1 saturated carbocycles. The molecule has 0 bridgehead atoms. The van der Waals surface area contributed by atoms with Gasteiger partial charge in [0.05, 0.1) is 0 Å². The summed E-state index contributed by atoms with van der Waals surface area (Å²) < 4.78 is 0. The van der Waals surface area contributed by atoms with Gasteiger partial charge in [0.15, 0.2) is 0 Å². The number of carbonyl (C=O) groups excluding carboxylic acids is 3. The lowest BCUT2D eigenvalue weighted by Gasteiger charge is -2.43. The van der Waals surface area contributed by atoms with Gasteiger partial charge in [0.2, 0.25) is 11.0 Å². The molecule has 1 aromatic heterocycles. The summed E-state index contributed by atoms with van der Waals surface area (Å²) in [4.78, 5) is 39.0. The molecule has 2 heterocycles. The lowest BCUT2D eigenvalue weighted by molar-refractivity contribution is -0.136. The molecule has 0 unspecified atom stereocenters. The molecule has 9 heteroatoms. The van der Waals surface area contributed by atoms with E-state index in [-0.39, 0.29) is 17.9 Å². The first-order valence-corrected chi connectivity index (χ1v) is 10.6. The zero-order chi connectivity index (χ0) is 20.7. The first-order valence-electron chi connectivity index (χ1n) is 9.76. The standard InChI is InChI=1S/C19H29N5O3S/c1-11(2)6-14-22-23-16(28-14)20-13(25)9-24-15(26)19(21-17(24)27)8-12(3)7-18(4,5)10-19/h11-12H,6-10H2,1-5H3,(H,21,27)(H,20,23,25)/t12-,19+/m0/s1. The highest BCUT2D eigenvalue weighted by Gasteiger charge is 2.56. The smallest absolute Gasteiger partial charge is 0.323 e.